The van der Waals surface area contributed by atoms with Gasteiger partial charge in [0.05, 0.1) is 22.4 Å². The van der Waals surface area contributed by atoms with Gasteiger partial charge in [-0.25, -0.2) is 8.42 Å². The van der Waals surface area contributed by atoms with Crippen LogP contribution in [-0.4, -0.2) is 36.0 Å². The Morgan fingerprint density at radius 2 is 2.00 bits per heavy atom. The van der Waals surface area contributed by atoms with Crippen LogP contribution in [0.15, 0.2) is 0 Å². The van der Waals surface area contributed by atoms with Gasteiger partial charge < -0.3 is 5.11 Å². The van der Waals surface area contributed by atoms with E-state index in [1.165, 1.54) is 0 Å². The quantitative estimate of drug-likeness (QED) is 0.556. The molecule has 1 fully saturated rings. The van der Waals surface area contributed by atoms with Gasteiger partial charge >= 0.3 is 0 Å². The summed E-state index contributed by atoms with van der Waals surface area (Å²) in [4.78, 5) is -0.262. The predicted molar refractivity (Wildman–Crippen MR) is 37.4 cm³/mol. The Kier molecular flexibility index (Phi) is 1.84. The molecule has 9 heavy (non-hydrogen) atoms. The highest BCUT2D eigenvalue weighted by molar-refractivity contribution is 9.09. The van der Waals surface area contributed by atoms with Crippen LogP contribution in [0, 0.1) is 0 Å². The van der Waals surface area contributed by atoms with Gasteiger partial charge in [0.25, 0.3) is 0 Å². The standard InChI is InChI=1S/C4H7BrO3S/c5-3-1-9(7,8)2-4(3)6/h3-4,6H,1-2H2. The van der Waals surface area contributed by atoms with E-state index in [1.807, 2.05) is 0 Å². The zero-order valence-electron chi connectivity index (χ0n) is 4.62. The first kappa shape index (κ1) is 7.50. The molecule has 1 saturated heterocycles. The summed E-state index contributed by atoms with van der Waals surface area (Å²) >= 11 is 3.05. The number of alkyl halides is 1. The van der Waals surface area contributed by atoms with Gasteiger partial charge in [0, 0.05) is 0 Å². The molecule has 1 aliphatic heterocycles. The monoisotopic (exact) mass is 214 g/mol. The topological polar surface area (TPSA) is 54.4 Å². The molecular formula is C4H7BrO3S. The second kappa shape index (κ2) is 2.21. The van der Waals surface area contributed by atoms with Crippen LogP contribution in [-0.2, 0) is 9.84 Å². The lowest BCUT2D eigenvalue weighted by atomic mass is 10.3. The van der Waals surface area contributed by atoms with Crippen LogP contribution < -0.4 is 0 Å². The third-order valence-corrected chi connectivity index (χ3v) is 4.33. The summed E-state index contributed by atoms with van der Waals surface area (Å²) < 4.78 is 21.3. The molecule has 0 bridgehead atoms. The van der Waals surface area contributed by atoms with Crippen molar-refractivity contribution < 1.29 is 13.5 Å². The van der Waals surface area contributed by atoms with Crippen LogP contribution in [0.5, 0.6) is 0 Å². The second-order valence-corrected chi connectivity index (χ2v) is 5.49. The Hall–Kier alpha value is 0.390. The first-order chi connectivity index (χ1) is 4.01. The van der Waals surface area contributed by atoms with E-state index in [1.54, 1.807) is 0 Å². The number of aliphatic hydroxyl groups excluding tert-OH is 1. The van der Waals surface area contributed by atoms with Crippen molar-refractivity contribution in [2.45, 2.75) is 10.9 Å². The molecule has 0 aliphatic carbocycles. The molecular weight excluding hydrogens is 208 g/mol. The van der Waals surface area contributed by atoms with Crippen LogP contribution in [0.4, 0.5) is 0 Å². The van der Waals surface area contributed by atoms with Gasteiger partial charge in [-0.1, -0.05) is 15.9 Å². The fourth-order valence-electron chi connectivity index (χ4n) is 0.786. The van der Waals surface area contributed by atoms with E-state index in [0.717, 1.165) is 0 Å². The smallest absolute Gasteiger partial charge is 0.154 e. The average molecular weight is 215 g/mol. The average Bonchev–Trinajstić information content (AvgIpc) is 1.79. The maximum Gasteiger partial charge on any atom is 0.154 e. The minimum Gasteiger partial charge on any atom is -0.391 e. The zero-order chi connectivity index (χ0) is 7.07. The van der Waals surface area contributed by atoms with E-state index in [9.17, 15) is 8.42 Å². The molecule has 1 rings (SSSR count). The Morgan fingerprint density at radius 1 is 1.44 bits per heavy atom. The Labute approximate surface area is 62.1 Å². The number of hydrogen-bond donors (Lipinski definition) is 1. The highest BCUT2D eigenvalue weighted by atomic mass is 79.9. The summed E-state index contributed by atoms with van der Waals surface area (Å²) in [5.41, 5.74) is 0. The lowest BCUT2D eigenvalue weighted by Gasteiger charge is -1.99. The molecule has 3 nitrogen and oxygen atoms in total. The second-order valence-electron chi connectivity index (χ2n) is 2.16. The molecule has 0 radical (unpaired) electrons. The number of sulfone groups is 1. The normalized spacial score (nSPS) is 41.1. The molecule has 0 amide bonds. The first-order valence-corrected chi connectivity index (χ1v) is 5.27. The van der Waals surface area contributed by atoms with Gasteiger partial charge in [-0.05, 0) is 0 Å². The van der Waals surface area contributed by atoms with Gasteiger partial charge in [0.2, 0.25) is 0 Å². The molecule has 0 aromatic heterocycles. The number of rotatable bonds is 0. The molecule has 54 valence electrons. The molecule has 2 unspecified atom stereocenters. The van der Waals surface area contributed by atoms with E-state index in [4.69, 9.17) is 5.11 Å². The molecule has 0 aromatic rings. The lowest BCUT2D eigenvalue weighted by molar-refractivity contribution is 0.209. The van der Waals surface area contributed by atoms with E-state index in [2.05, 4.69) is 15.9 Å². The molecule has 2 atom stereocenters. The third-order valence-electron chi connectivity index (χ3n) is 1.26. The molecule has 0 spiro atoms. The molecule has 1 heterocycles. The van der Waals surface area contributed by atoms with Crippen molar-refractivity contribution in [3.8, 4) is 0 Å². The van der Waals surface area contributed by atoms with Gasteiger partial charge in [-0.3, -0.25) is 0 Å². The molecule has 5 heteroatoms. The third kappa shape index (κ3) is 1.65. The predicted octanol–water partition coefficient (Wildman–Crippen LogP) is -0.461. The largest absolute Gasteiger partial charge is 0.391 e. The van der Waals surface area contributed by atoms with Crippen LogP contribution >= 0.6 is 15.9 Å². The minimum absolute atomic E-state index is 0.0637. The summed E-state index contributed by atoms with van der Waals surface area (Å²) in [6.45, 7) is 0. The van der Waals surface area contributed by atoms with Crippen LogP contribution in [0.25, 0.3) is 0 Å². The van der Waals surface area contributed by atoms with Gasteiger partial charge in [-0.15, -0.1) is 0 Å². The van der Waals surface area contributed by atoms with E-state index in [0.29, 0.717) is 0 Å². The van der Waals surface area contributed by atoms with E-state index >= 15 is 0 Å². The zero-order valence-corrected chi connectivity index (χ0v) is 7.02. The fraction of sp³-hybridized carbons (Fsp3) is 1.00. The van der Waals surface area contributed by atoms with Crippen LogP contribution in [0.3, 0.4) is 0 Å². The van der Waals surface area contributed by atoms with Crippen molar-refractivity contribution in [2.75, 3.05) is 11.5 Å². The Morgan fingerprint density at radius 3 is 2.11 bits per heavy atom. The SMILES string of the molecule is O=S1(=O)CC(O)C(Br)C1. The summed E-state index contributed by atoms with van der Waals surface area (Å²) in [5, 5.41) is 8.91. The molecule has 0 aromatic carbocycles. The van der Waals surface area contributed by atoms with Crippen LogP contribution in [0.2, 0.25) is 0 Å². The van der Waals surface area contributed by atoms with Crippen molar-refractivity contribution in [1.82, 2.24) is 0 Å². The Bertz CT molecular complexity index is 182. The summed E-state index contributed by atoms with van der Waals surface area (Å²) in [6.07, 6.45) is -0.713. The van der Waals surface area contributed by atoms with Gasteiger partial charge in [0.15, 0.2) is 9.84 Å². The first-order valence-electron chi connectivity index (χ1n) is 2.54. The van der Waals surface area contributed by atoms with Crippen molar-refractivity contribution in [3.63, 3.8) is 0 Å². The fourth-order valence-corrected chi connectivity index (χ4v) is 4.02. The maximum absolute atomic E-state index is 10.7. The lowest BCUT2D eigenvalue weighted by Crippen LogP contribution is -2.16. The summed E-state index contributed by atoms with van der Waals surface area (Å²) in [7, 11) is -2.94. The van der Waals surface area contributed by atoms with Crippen molar-refractivity contribution in [2.24, 2.45) is 0 Å². The highest BCUT2D eigenvalue weighted by Crippen LogP contribution is 2.18. The number of halogens is 1. The van der Waals surface area contributed by atoms with Crippen molar-refractivity contribution in [3.05, 3.63) is 0 Å². The van der Waals surface area contributed by atoms with E-state index < -0.39 is 15.9 Å². The van der Waals surface area contributed by atoms with E-state index in [-0.39, 0.29) is 16.3 Å². The summed E-state index contributed by atoms with van der Waals surface area (Å²) in [5.74, 6) is -0.0307. The maximum atomic E-state index is 10.7. The number of aliphatic hydroxyl groups is 1. The van der Waals surface area contributed by atoms with Crippen molar-refractivity contribution >= 4 is 25.8 Å². The van der Waals surface area contributed by atoms with Crippen LogP contribution in [0.1, 0.15) is 0 Å². The van der Waals surface area contributed by atoms with Gasteiger partial charge in [-0.2, -0.15) is 0 Å². The van der Waals surface area contributed by atoms with Crippen molar-refractivity contribution in [1.29, 1.82) is 0 Å². The number of hydrogen-bond acceptors (Lipinski definition) is 3. The highest BCUT2D eigenvalue weighted by Gasteiger charge is 2.34. The summed E-state index contributed by atoms with van der Waals surface area (Å²) in [6, 6.07) is 0. The molecule has 0 saturated carbocycles. The van der Waals surface area contributed by atoms with Gasteiger partial charge in [0.1, 0.15) is 0 Å². The molecule has 1 aliphatic rings. The Balaban J connectivity index is 2.77. The minimum atomic E-state index is -2.94. The molecule has 1 N–H and O–H groups in total.